The molecule has 0 saturated carbocycles. The molecule has 0 aliphatic carbocycles. The normalized spacial score (nSPS) is 16.7. The highest BCUT2D eigenvalue weighted by Gasteiger charge is 2.27. The third kappa shape index (κ3) is 6.27. The summed E-state index contributed by atoms with van der Waals surface area (Å²) >= 11 is 1.40. The number of nitrogens with one attached hydrogen (secondary N) is 2. The minimum absolute atomic E-state index is 0.0404. The number of carbonyl (C=O) groups excluding carboxylic acids is 2. The molecule has 1 fully saturated rings. The third-order valence-corrected chi connectivity index (χ3v) is 5.81. The van der Waals surface area contributed by atoms with E-state index in [0.29, 0.717) is 18.6 Å². The van der Waals surface area contributed by atoms with Crippen molar-refractivity contribution >= 4 is 44.4 Å². The fourth-order valence-corrected chi connectivity index (χ4v) is 4.36. The molecule has 1 aromatic carbocycles. The van der Waals surface area contributed by atoms with Crippen molar-refractivity contribution in [3.63, 3.8) is 0 Å². The van der Waals surface area contributed by atoms with Crippen molar-refractivity contribution in [3.05, 3.63) is 28.3 Å². The van der Waals surface area contributed by atoms with Gasteiger partial charge < -0.3 is 20.3 Å². The zero-order valence-corrected chi connectivity index (χ0v) is 18.7. The van der Waals surface area contributed by atoms with E-state index < -0.39 is 16.6 Å². The lowest BCUT2D eigenvalue weighted by atomic mass is 9.97. The molecular weight excluding hydrogens is 422 g/mol. The largest absolute Gasteiger partial charge is 0.444 e. The Morgan fingerprint density at radius 1 is 1.32 bits per heavy atom. The number of anilines is 1. The first-order chi connectivity index (χ1) is 14.6. The van der Waals surface area contributed by atoms with Crippen LogP contribution < -0.4 is 15.5 Å². The SMILES string of the molecule is CC(C)(C)OC(=O)NCCNC(=O)C1CCCN(c2nc3ccc([N+](=O)[O-])cc3s2)C1. The molecule has 0 radical (unpaired) electrons. The summed E-state index contributed by atoms with van der Waals surface area (Å²) < 4.78 is 5.91. The van der Waals surface area contributed by atoms with Gasteiger partial charge in [0.05, 0.1) is 21.1 Å². The number of nitro groups is 1. The smallest absolute Gasteiger partial charge is 0.407 e. The van der Waals surface area contributed by atoms with E-state index in [9.17, 15) is 19.7 Å². The molecule has 1 aliphatic rings. The van der Waals surface area contributed by atoms with Gasteiger partial charge in [-0.2, -0.15) is 0 Å². The van der Waals surface area contributed by atoms with Crippen molar-refractivity contribution in [2.24, 2.45) is 5.92 Å². The number of piperidine rings is 1. The Morgan fingerprint density at radius 3 is 2.77 bits per heavy atom. The average molecular weight is 450 g/mol. The van der Waals surface area contributed by atoms with E-state index in [1.54, 1.807) is 26.8 Å². The molecule has 1 unspecified atom stereocenters. The molecule has 1 saturated heterocycles. The summed E-state index contributed by atoms with van der Waals surface area (Å²) in [6.45, 7) is 7.29. The second-order valence-electron chi connectivity index (χ2n) is 8.41. The van der Waals surface area contributed by atoms with Gasteiger partial charge in [0.1, 0.15) is 5.60 Å². The van der Waals surface area contributed by atoms with E-state index >= 15 is 0 Å². The Balaban J connectivity index is 1.52. The van der Waals surface area contributed by atoms with Gasteiger partial charge in [-0.3, -0.25) is 14.9 Å². The number of fused-ring (bicyclic) bond motifs is 1. The van der Waals surface area contributed by atoms with E-state index in [-0.39, 0.29) is 24.1 Å². The molecule has 0 bridgehead atoms. The summed E-state index contributed by atoms with van der Waals surface area (Å²) in [6.07, 6.45) is 1.12. The van der Waals surface area contributed by atoms with Gasteiger partial charge in [-0.25, -0.2) is 9.78 Å². The molecule has 1 aliphatic heterocycles. The number of aromatic nitrogens is 1. The van der Waals surface area contributed by atoms with Crippen LogP contribution in [0.2, 0.25) is 0 Å². The van der Waals surface area contributed by atoms with Crippen molar-refractivity contribution in [1.29, 1.82) is 0 Å². The predicted molar refractivity (Wildman–Crippen MR) is 118 cm³/mol. The van der Waals surface area contributed by atoms with Crippen LogP contribution in [0.15, 0.2) is 18.2 Å². The van der Waals surface area contributed by atoms with Crippen molar-refractivity contribution in [2.45, 2.75) is 39.2 Å². The molecule has 2 amide bonds. The molecule has 10 nitrogen and oxygen atoms in total. The lowest BCUT2D eigenvalue weighted by Gasteiger charge is -2.31. The van der Waals surface area contributed by atoms with Gasteiger partial charge in [-0.1, -0.05) is 11.3 Å². The van der Waals surface area contributed by atoms with Crippen LogP contribution in [-0.4, -0.2) is 53.7 Å². The average Bonchev–Trinajstić information content (AvgIpc) is 3.13. The van der Waals surface area contributed by atoms with Gasteiger partial charge in [0, 0.05) is 38.3 Å². The van der Waals surface area contributed by atoms with Crippen LogP contribution in [0, 0.1) is 16.0 Å². The summed E-state index contributed by atoms with van der Waals surface area (Å²) in [7, 11) is 0. The maximum absolute atomic E-state index is 12.6. The number of hydrogen-bond acceptors (Lipinski definition) is 8. The van der Waals surface area contributed by atoms with E-state index in [2.05, 4.69) is 20.5 Å². The maximum atomic E-state index is 12.6. The first-order valence-corrected chi connectivity index (χ1v) is 11.0. The van der Waals surface area contributed by atoms with Crippen LogP contribution in [0.1, 0.15) is 33.6 Å². The first-order valence-electron chi connectivity index (χ1n) is 10.2. The quantitative estimate of drug-likeness (QED) is 0.394. The Bertz CT molecular complexity index is 971. The highest BCUT2D eigenvalue weighted by Crippen LogP contribution is 2.33. The van der Waals surface area contributed by atoms with Crippen LogP contribution in [0.25, 0.3) is 10.2 Å². The number of carbonyl (C=O) groups is 2. The molecule has 2 heterocycles. The summed E-state index contributed by atoms with van der Waals surface area (Å²) in [5, 5.41) is 17.2. The molecule has 31 heavy (non-hydrogen) atoms. The van der Waals surface area contributed by atoms with Crippen LogP contribution in [0.3, 0.4) is 0 Å². The Labute approximate surface area is 184 Å². The van der Waals surface area contributed by atoms with Gasteiger partial charge in [-0.15, -0.1) is 0 Å². The zero-order valence-electron chi connectivity index (χ0n) is 17.8. The van der Waals surface area contributed by atoms with Gasteiger partial charge in [0.25, 0.3) is 5.69 Å². The number of hydrogen-bond donors (Lipinski definition) is 2. The second kappa shape index (κ2) is 9.46. The third-order valence-electron chi connectivity index (χ3n) is 4.73. The van der Waals surface area contributed by atoms with E-state index in [4.69, 9.17) is 4.74 Å². The number of ether oxygens (including phenoxy) is 1. The summed E-state index contributed by atoms with van der Waals surface area (Å²) in [4.78, 5) is 41.4. The first kappa shape index (κ1) is 22.7. The molecule has 1 atom stereocenters. The number of nitro benzene ring substituents is 1. The van der Waals surface area contributed by atoms with E-state index in [1.807, 2.05) is 0 Å². The Morgan fingerprint density at radius 2 is 2.06 bits per heavy atom. The van der Waals surface area contributed by atoms with Crippen LogP contribution in [0.5, 0.6) is 0 Å². The molecule has 1 aromatic heterocycles. The van der Waals surface area contributed by atoms with Gasteiger partial charge in [-0.05, 0) is 39.7 Å². The van der Waals surface area contributed by atoms with Gasteiger partial charge in [0.2, 0.25) is 5.91 Å². The summed E-state index contributed by atoms with van der Waals surface area (Å²) in [5.41, 5.74) is 0.189. The highest BCUT2D eigenvalue weighted by atomic mass is 32.1. The van der Waals surface area contributed by atoms with Crippen LogP contribution in [-0.2, 0) is 9.53 Å². The molecule has 2 N–H and O–H groups in total. The minimum atomic E-state index is -0.565. The molecular formula is C20H27N5O5S. The van der Waals surface area contributed by atoms with Crippen molar-refractivity contribution < 1.29 is 19.2 Å². The van der Waals surface area contributed by atoms with Crippen LogP contribution in [0.4, 0.5) is 15.6 Å². The molecule has 0 spiro atoms. The lowest BCUT2D eigenvalue weighted by molar-refractivity contribution is -0.384. The topological polar surface area (TPSA) is 127 Å². The predicted octanol–water partition coefficient (Wildman–Crippen LogP) is 3.06. The molecule has 3 rings (SSSR count). The Hall–Kier alpha value is -2.95. The summed E-state index contributed by atoms with van der Waals surface area (Å²) in [6, 6.07) is 4.63. The maximum Gasteiger partial charge on any atom is 0.407 e. The number of benzene rings is 1. The van der Waals surface area contributed by atoms with E-state index in [0.717, 1.165) is 29.2 Å². The van der Waals surface area contributed by atoms with Crippen molar-refractivity contribution in [2.75, 3.05) is 31.1 Å². The monoisotopic (exact) mass is 449 g/mol. The molecule has 168 valence electrons. The minimum Gasteiger partial charge on any atom is -0.444 e. The lowest BCUT2D eigenvalue weighted by Crippen LogP contribution is -2.45. The van der Waals surface area contributed by atoms with E-state index in [1.165, 1.54) is 23.5 Å². The summed E-state index contributed by atoms with van der Waals surface area (Å²) in [5.74, 6) is -0.246. The number of amides is 2. The molecule has 2 aromatic rings. The highest BCUT2D eigenvalue weighted by molar-refractivity contribution is 7.22. The number of rotatable bonds is 6. The van der Waals surface area contributed by atoms with Crippen molar-refractivity contribution in [1.82, 2.24) is 15.6 Å². The van der Waals surface area contributed by atoms with Gasteiger partial charge in [0.15, 0.2) is 5.13 Å². The number of alkyl carbamates (subject to hydrolysis) is 1. The fraction of sp³-hybridized carbons (Fsp3) is 0.550. The number of nitrogens with zero attached hydrogens (tertiary/aromatic N) is 3. The number of non-ortho nitro benzene ring substituents is 1. The molecule has 11 heteroatoms. The van der Waals surface area contributed by atoms with Crippen LogP contribution >= 0.6 is 11.3 Å². The Kier molecular flexibility index (Phi) is 6.94. The van der Waals surface area contributed by atoms with Crippen molar-refractivity contribution in [3.8, 4) is 0 Å². The standard InChI is InChI=1S/C20H27N5O5S/c1-20(2,3)30-19(27)22-9-8-21-17(26)13-5-4-10-24(12-13)18-23-15-7-6-14(25(28)29)11-16(15)31-18/h6-7,11,13H,4-5,8-10,12H2,1-3H3,(H,21,26)(H,22,27). The zero-order chi connectivity index (χ0) is 22.6. The second-order valence-corrected chi connectivity index (χ2v) is 9.42. The van der Waals surface area contributed by atoms with Gasteiger partial charge >= 0.3 is 6.09 Å². The fourth-order valence-electron chi connectivity index (χ4n) is 3.32. The number of thiazole rings is 1.